The van der Waals surface area contributed by atoms with Crippen LogP contribution in [0.1, 0.15) is 12.5 Å². The van der Waals surface area contributed by atoms with E-state index in [9.17, 15) is 14.0 Å². The largest absolute Gasteiger partial charge is 0.489 e. The molecule has 2 heterocycles. The third-order valence-electron chi connectivity index (χ3n) is 4.80. The fourth-order valence-electron chi connectivity index (χ4n) is 3.26. The van der Waals surface area contributed by atoms with Gasteiger partial charge in [0.25, 0.3) is 5.91 Å². The Morgan fingerprint density at radius 1 is 1.14 bits per heavy atom. The molecule has 0 aliphatic carbocycles. The number of fused-ring (bicyclic) bond motifs is 1. The molecule has 28 heavy (non-hydrogen) atoms. The minimum atomic E-state index is -1.23. The molecule has 2 aliphatic rings. The maximum atomic E-state index is 13.6. The highest BCUT2D eigenvalue weighted by Gasteiger charge is 2.49. The van der Waals surface area contributed by atoms with Gasteiger partial charge in [-0.05, 0) is 36.8 Å². The lowest BCUT2D eigenvalue weighted by molar-refractivity contribution is -0.131. The van der Waals surface area contributed by atoms with Crippen LogP contribution in [0, 0.1) is 5.82 Å². The van der Waals surface area contributed by atoms with E-state index in [-0.39, 0.29) is 18.9 Å². The van der Waals surface area contributed by atoms with E-state index in [1.54, 1.807) is 37.3 Å². The van der Waals surface area contributed by atoms with Crippen LogP contribution in [0.5, 0.6) is 17.2 Å². The number of nitrogens with zero attached hydrogens (tertiary/aromatic N) is 1. The molecule has 7 nitrogen and oxygen atoms in total. The summed E-state index contributed by atoms with van der Waals surface area (Å²) in [4.78, 5) is 26.4. The summed E-state index contributed by atoms with van der Waals surface area (Å²) in [6.07, 6.45) is 0. The molecule has 1 N–H and O–H groups in total. The van der Waals surface area contributed by atoms with E-state index in [4.69, 9.17) is 14.2 Å². The molecule has 8 heteroatoms. The first-order chi connectivity index (χ1) is 13.5. The molecule has 0 radical (unpaired) electrons. The molecule has 2 aliphatic heterocycles. The van der Waals surface area contributed by atoms with Gasteiger partial charge in [-0.2, -0.15) is 0 Å². The number of carbonyl (C=O) groups is 2. The molecule has 2 aromatic rings. The van der Waals surface area contributed by atoms with Crippen LogP contribution in [0.25, 0.3) is 0 Å². The average molecular weight is 386 g/mol. The molecule has 1 fully saturated rings. The SMILES string of the molecule is C[C@@]1(c2ccc3c(c2)OCCO3)NC(=O)N(CCOc2ccccc2F)C1=O. The van der Waals surface area contributed by atoms with E-state index in [0.29, 0.717) is 30.3 Å². The molecule has 3 amide bonds. The zero-order valence-corrected chi connectivity index (χ0v) is 15.2. The van der Waals surface area contributed by atoms with E-state index >= 15 is 0 Å². The summed E-state index contributed by atoms with van der Waals surface area (Å²) < 4.78 is 30.0. The molecular weight excluding hydrogens is 367 g/mol. The van der Waals surface area contributed by atoms with Crippen molar-refractivity contribution in [3.8, 4) is 17.2 Å². The number of ether oxygens (including phenoxy) is 3. The Bertz CT molecular complexity index is 935. The highest BCUT2D eigenvalue weighted by atomic mass is 19.1. The Labute approximate surface area is 161 Å². The first kappa shape index (κ1) is 18.1. The van der Waals surface area contributed by atoms with Crippen molar-refractivity contribution in [3.05, 3.63) is 53.8 Å². The fourth-order valence-corrected chi connectivity index (χ4v) is 3.26. The Morgan fingerprint density at radius 3 is 2.68 bits per heavy atom. The number of halogens is 1. The number of rotatable bonds is 5. The fraction of sp³-hybridized carbons (Fsp3) is 0.300. The molecule has 4 rings (SSSR count). The number of benzene rings is 2. The number of amides is 3. The van der Waals surface area contributed by atoms with Crippen molar-refractivity contribution in [1.29, 1.82) is 0 Å². The third kappa shape index (κ3) is 3.11. The van der Waals surface area contributed by atoms with Crippen LogP contribution in [0.4, 0.5) is 9.18 Å². The lowest BCUT2D eigenvalue weighted by Gasteiger charge is -2.25. The van der Waals surface area contributed by atoms with Crippen molar-refractivity contribution in [2.75, 3.05) is 26.4 Å². The van der Waals surface area contributed by atoms with E-state index in [1.807, 2.05) is 0 Å². The first-order valence-electron chi connectivity index (χ1n) is 8.90. The summed E-state index contributed by atoms with van der Waals surface area (Å²) in [5.74, 6) is 0.301. The highest BCUT2D eigenvalue weighted by molar-refractivity contribution is 6.07. The van der Waals surface area contributed by atoms with Gasteiger partial charge >= 0.3 is 6.03 Å². The summed E-state index contributed by atoms with van der Waals surface area (Å²) in [7, 11) is 0. The molecular formula is C20H19FN2O5. The number of urea groups is 1. The predicted octanol–water partition coefficient (Wildman–Crippen LogP) is 2.44. The molecule has 1 atom stereocenters. The van der Waals surface area contributed by atoms with Crippen molar-refractivity contribution in [2.45, 2.75) is 12.5 Å². The van der Waals surface area contributed by atoms with Gasteiger partial charge in [-0.3, -0.25) is 9.69 Å². The van der Waals surface area contributed by atoms with Crippen LogP contribution in [0.3, 0.4) is 0 Å². The molecule has 0 bridgehead atoms. The maximum Gasteiger partial charge on any atom is 0.325 e. The van der Waals surface area contributed by atoms with Crippen LogP contribution in [0.2, 0.25) is 0 Å². The number of para-hydroxylation sites is 1. The van der Waals surface area contributed by atoms with E-state index < -0.39 is 23.3 Å². The smallest absolute Gasteiger partial charge is 0.325 e. The molecule has 1 saturated heterocycles. The lowest BCUT2D eigenvalue weighted by Crippen LogP contribution is -2.41. The van der Waals surface area contributed by atoms with Crippen LogP contribution < -0.4 is 19.5 Å². The average Bonchev–Trinajstić information content (AvgIpc) is 2.93. The van der Waals surface area contributed by atoms with Crippen LogP contribution in [0.15, 0.2) is 42.5 Å². The topological polar surface area (TPSA) is 77.1 Å². The van der Waals surface area contributed by atoms with E-state index in [1.165, 1.54) is 12.1 Å². The molecule has 0 spiro atoms. The van der Waals surface area contributed by atoms with Crippen molar-refractivity contribution in [1.82, 2.24) is 10.2 Å². The quantitative estimate of drug-likeness (QED) is 0.799. The first-order valence-corrected chi connectivity index (χ1v) is 8.90. The van der Waals surface area contributed by atoms with Gasteiger partial charge in [-0.25, -0.2) is 9.18 Å². The van der Waals surface area contributed by atoms with E-state index in [2.05, 4.69) is 5.32 Å². The van der Waals surface area contributed by atoms with Gasteiger partial charge in [0, 0.05) is 0 Å². The second kappa shape index (κ2) is 7.03. The molecule has 0 saturated carbocycles. The number of hydrogen-bond donors (Lipinski definition) is 1. The standard InChI is InChI=1S/C20H19FN2O5/c1-20(13-6-7-16-17(12-13)28-11-10-27-16)18(24)23(19(25)22-20)8-9-26-15-5-3-2-4-14(15)21/h2-7,12H,8-11H2,1H3,(H,22,25)/t20-/m0/s1. The second-order valence-electron chi connectivity index (χ2n) is 6.65. The Hall–Kier alpha value is -3.29. The molecule has 2 aromatic carbocycles. The Balaban J connectivity index is 1.48. The number of nitrogens with one attached hydrogen (secondary N) is 1. The normalized spacial score (nSPS) is 20.9. The lowest BCUT2D eigenvalue weighted by atomic mass is 9.91. The maximum absolute atomic E-state index is 13.6. The number of hydrogen-bond acceptors (Lipinski definition) is 5. The van der Waals surface area contributed by atoms with Crippen molar-refractivity contribution in [2.24, 2.45) is 0 Å². The minimum Gasteiger partial charge on any atom is -0.489 e. The van der Waals surface area contributed by atoms with Crippen LogP contribution in [-0.4, -0.2) is 43.2 Å². The Morgan fingerprint density at radius 2 is 1.89 bits per heavy atom. The van der Waals surface area contributed by atoms with Crippen molar-refractivity contribution in [3.63, 3.8) is 0 Å². The molecule has 0 aromatic heterocycles. The third-order valence-corrected chi connectivity index (χ3v) is 4.80. The number of carbonyl (C=O) groups excluding carboxylic acids is 2. The van der Waals surface area contributed by atoms with Gasteiger partial charge in [-0.1, -0.05) is 18.2 Å². The van der Waals surface area contributed by atoms with Crippen LogP contribution in [-0.2, 0) is 10.3 Å². The van der Waals surface area contributed by atoms with Gasteiger partial charge in [0.1, 0.15) is 25.4 Å². The predicted molar refractivity (Wildman–Crippen MR) is 96.9 cm³/mol. The summed E-state index contributed by atoms with van der Waals surface area (Å²) >= 11 is 0. The zero-order valence-electron chi connectivity index (χ0n) is 15.2. The number of imide groups is 1. The van der Waals surface area contributed by atoms with Gasteiger partial charge in [0.2, 0.25) is 0 Å². The van der Waals surface area contributed by atoms with Gasteiger partial charge < -0.3 is 19.5 Å². The monoisotopic (exact) mass is 386 g/mol. The Kier molecular flexibility index (Phi) is 4.54. The van der Waals surface area contributed by atoms with Crippen molar-refractivity contribution >= 4 is 11.9 Å². The van der Waals surface area contributed by atoms with Gasteiger partial charge in [0.15, 0.2) is 23.1 Å². The molecule has 146 valence electrons. The second-order valence-corrected chi connectivity index (χ2v) is 6.65. The van der Waals surface area contributed by atoms with Crippen molar-refractivity contribution < 1.29 is 28.2 Å². The summed E-state index contributed by atoms with van der Waals surface area (Å²) in [5.41, 5.74) is -0.641. The van der Waals surface area contributed by atoms with Crippen LogP contribution >= 0.6 is 0 Å². The molecule has 0 unspecified atom stereocenters. The zero-order chi connectivity index (χ0) is 19.7. The van der Waals surface area contributed by atoms with E-state index in [0.717, 1.165) is 4.90 Å². The van der Waals surface area contributed by atoms with Gasteiger partial charge in [-0.15, -0.1) is 0 Å². The summed E-state index contributed by atoms with van der Waals surface area (Å²) in [6.45, 7) is 2.51. The minimum absolute atomic E-state index is 0.000850. The highest BCUT2D eigenvalue weighted by Crippen LogP contribution is 2.36. The summed E-state index contributed by atoms with van der Waals surface area (Å²) in [5, 5.41) is 2.72. The van der Waals surface area contributed by atoms with Gasteiger partial charge in [0.05, 0.1) is 6.54 Å². The summed E-state index contributed by atoms with van der Waals surface area (Å²) in [6, 6.07) is 10.6.